The number of nitro benzene ring substituents is 1. The van der Waals surface area contributed by atoms with Crippen LogP contribution in [0.1, 0.15) is 21.8 Å². The summed E-state index contributed by atoms with van der Waals surface area (Å²) in [5.74, 6) is 0.00730. The Balaban J connectivity index is 1.63. The minimum absolute atomic E-state index is 0.00308. The Morgan fingerprint density at radius 3 is 2.53 bits per heavy atom. The Morgan fingerprint density at radius 1 is 1.07 bits per heavy atom. The van der Waals surface area contributed by atoms with E-state index in [1.807, 2.05) is 0 Å². The van der Waals surface area contributed by atoms with Gasteiger partial charge in [-0.05, 0) is 60.7 Å². The van der Waals surface area contributed by atoms with Crippen LogP contribution in [-0.4, -0.2) is 21.0 Å². The number of hydrogen-bond donors (Lipinski definition) is 1. The molecule has 0 aliphatic rings. The molecule has 4 aromatic rings. The number of nitrogens with zero attached hydrogens (tertiary/aromatic N) is 2. The number of aromatic carboxylic acids is 1. The van der Waals surface area contributed by atoms with Gasteiger partial charge in [-0.15, -0.1) is 0 Å². The zero-order valence-electron chi connectivity index (χ0n) is 15.3. The molecule has 0 bridgehead atoms. The molecule has 0 unspecified atom stereocenters. The number of carbonyl (C=O) groups is 1. The topological polar surface area (TPSA) is 106 Å². The summed E-state index contributed by atoms with van der Waals surface area (Å²) < 4.78 is 5.75. The van der Waals surface area contributed by atoms with Crippen LogP contribution in [0.4, 0.5) is 5.69 Å². The van der Waals surface area contributed by atoms with Gasteiger partial charge in [-0.2, -0.15) is 0 Å². The van der Waals surface area contributed by atoms with Crippen LogP contribution in [0.5, 0.6) is 0 Å². The van der Waals surface area contributed by atoms with Crippen LogP contribution in [0.3, 0.4) is 0 Å². The number of benzene rings is 2. The third-order valence-corrected chi connectivity index (χ3v) is 4.66. The summed E-state index contributed by atoms with van der Waals surface area (Å²) >= 11 is 5.97. The number of rotatable bonds is 5. The largest absolute Gasteiger partial charge is 0.478 e. The monoisotopic (exact) mass is 420 g/mol. The standard InChI is InChI=1S/C22H13ClN2O5/c23-14-3-9-20-18(11-14)19(22(26)27)12-15(24-20)4-7-17-8-10-21(30-17)13-1-5-16(6-2-13)25(28)29/h1-12H,(H,26,27)/b7-4+. The van der Waals surface area contributed by atoms with Crippen molar-refractivity contribution >= 4 is 46.3 Å². The predicted octanol–water partition coefficient (Wildman–Crippen LogP) is 5.93. The fourth-order valence-corrected chi connectivity index (χ4v) is 3.17. The van der Waals surface area contributed by atoms with Gasteiger partial charge in [0.1, 0.15) is 11.5 Å². The maximum atomic E-state index is 11.6. The van der Waals surface area contributed by atoms with Crippen molar-refractivity contribution in [2.24, 2.45) is 0 Å². The molecule has 8 heteroatoms. The number of furan rings is 1. The van der Waals surface area contributed by atoms with E-state index < -0.39 is 10.9 Å². The number of aromatic nitrogens is 1. The first-order valence-corrected chi connectivity index (χ1v) is 9.15. The van der Waals surface area contributed by atoms with E-state index >= 15 is 0 Å². The third kappa shape index (κ3) is 3.92. The summed E-state index contributed by atoms with van der Waals surface area (Å²) in [7, 11) is 0. The molecule has 2 aromatic carbocycles. The molecule has 0 aliphatic heterocycles. The number of fused-ring (bicyclic) bond motifs is 1. The highest BCUT2D eigenvalue weighted by Crippen LogP contribution is 2.26. The van der Waals surface area contributed by atoms with Crippen LogP contribution < -0.4 is 0 Å². The Morgan fingerprint density at radius 2 is 1.83 bits per heavy atom. The smallest absolute Gasteiger partial charge is 0.336 e. The number of carboxylic acids is 1. The van der Waals surface area contributed by atoms with E-state index in [-0.39, 0.29) is 11.3 Å². The second-order valence-corrected chi connectivity index (χ2v) is 6.84. The van der Waals surface area contributed by atoms with Gasteiger partial charge in [0.2, 0.25) is 0 Å². The van der Waals surface area contributed by atoms with Crippen molar-refractivity contribution in [3.05, 3.63) is 92.8 Å². The lowest BCUT2D eigenvalue weighted by atomic mass is 10.1. The van der Waals surface area contributed by atoms with Gasteiger partial charge in [0, 0.05) is 28.1 Å². The first kappa shape index (κ1) is 19.4. The molecular weight excluding hydrogens is 408 g/mol. The van der Waals surface area contributed by atoms with Crippen molar-refractivity contribution in [3.63, 3.8) is 0 Å². The molecule has 2 aromatic heterocycles. The van der Waals surface area contributed by atoms with Crippen LogP contribution in [0.15, 0.2) is 65.1 Å². The second kappa shape index (κ2) is 7.81. The van der Waals surface area contributed by atoms with E-state index in [0.717, 1.165) is 0 Å². The lowest BCUT2D eigenvalue weighted by Crippen LogP contribution is -2.00. The van der Waals surface area contributed by atoms with Crippen molar-refractivity contribution in [3.8, 4) is 11.3 Å². The number of carboxylic acid groups (broad SMARTS) is 1. The fourth-order valence-electron chi connectivity index (χ4n) is 2.99. The van der Waals surface area contributed by atoms with Crippen LogP contribution >= 0.6 is 11.6 Å². The summed E-state index contributed by atoms with van der Waals surface area (Å²) in [5, 5.41) is 21.2. The van der Waals surface area contributed by atoms with E-state index in [9.17, 15) is 20.0 Å². The molecule has 2 heterocycles. The molecule has 7 nitrogen and oxygen atoms in total. The fraction of sp³-hybridized carbons (Fsp3) is 0. The highest BCUT2D eigenvalue weighted by atomic mass is 35.5. The summed E-state index contributed by atoms with van der Waals surface area (Å²) in [6, 6.07) is 15.9. The summed E-state index contributed by atoms with van der Waals surface area (Å²) in [6.07, 6.45) is 3.32. The van der Waals surface area contributed by atoms with Gasteiger partial charge in [-0.25, -0.2) is 9.78 Å². The molecule has 30 heavy (non-hydrogen) atoms. The van der Waals surface area contributed by atoms with Crippen LogP contribution in [0.2, 0.25) is 5.02 Å². The minimum atomic E-state index is -1.07. The van der Waals surface area contributed by atoms with E-state index in [1.165, 1.54) is 18.2 Å². The predicted molar refractivity (Wildman–Crippen MR) is 113 cm³/mol. The second-order valence-electron chi connectivity index (χ2n) is 6.40. The number of nitro groups is 1. The van der Waals surface area contributed by atoms with Gasteiger partial charge in [-0.3, -0.25) is 10.1 Å². The van der Waals surface area contributed by atoms with Crippen molar-refractivity contribution in [2.45, 2.75) is 0 Å². The highest BCUT2D eigenvalue weighted by Gasteiger charge is 2.12. The average molecular weight is 421 g/mol. The molecule has 0 radical (unpaired) electrons. The number of halogens is 1. The number of hydrogen-bond acceptors (Lipinski definition) is 5. The van der Waals surface area contributed by atoms with Gasteiger partial charge in [0.15, 0.2) is 0 Å². The Kier molecular flexibility index (Phi) is 5.04. The van der Waals surface area contributed by atoms with Gasteiger partial charge >= 0.3 is 5.97 Å². The number of non-ortho nitro benzene ring substituents is 1. The quantitative estimate of drug-likeness (QED) is 0.317. The third-order valence-electron chi connectivity index (χ3n) is 4.43. The van der Waals surface area contributed by atoms with Gasteiger partial charge < -0.3 is 9.52 Å². The Hall–Kier alpha value is -3.97. The first-order valence-electron chi connectivity index (χ1n) is 8.77. The van der Waals surface area contributed by atoms with E-state index in [4.69, 9.17) is 16.0 Å². The molecule has 0 aliphatic carbocycles. The molecule has 0 amide bonds. The van der Waals surface area contributed by atoms with Crippen LogP contribution in [0.25, 0.3) is 34.4 Å². The van der Waals surface area contributed by atoms with Crippen LogP contribution in [0, 0.1) is 10.1 Å². The molecule has 0 atom stereocenters. The van der Waals surface area contributed by atoms with Gasteiger partial charge in [0.05, 0.1) is 21.7 Å². The van der Waals surface area contributed by atoms with Crippen molar-refractivity contribution < 1.29 is 19.2 Å². The lowest BCUT2D eigenvalue weighted by Gasteiger charge is -2.04. The first-order chi connectivity index (χ1) is 14.4. The summed E-state index contributed by atoms with van der Waals surface area (Å²) in [4.78, 5) is 26.4. The normalized spacial score (nSPS) is 11.2. The van der Waals surface area contributed by atoms with E-state index in [1.54, 1.807) is 54.6 Å². The van der Waals surface area contributed by atoms with E-state index in [2.05, 4.69) is 4.98 Å². The zero-order chi connectivity index (χ0) is 21.3. The molecule has 1 N–H and O–H groups in total. The molecule has 4 rings (SSSR count). The molecule has 148 valence electrons. The van der Waals surface area contributed by atoms with E-state index in [0.29, 0.717) is 38.7 Å². The number of pyridine rings is 1. The van der Waals surface area contributed by atoms with Crippen LogP contribution in [-0.2, 0) is 0 Å². The van der Waals surface area contributed by atoms with Crippen molar-refractivity contribution in [1.82, 2.24) is 4.98 Å². The molecule has 0 fully saturated rings. The maximum absolute atomic E-state index is 11.6. The zero-order valence-corrected chi connectivity index (χ0v) is 16.0. The SMILES string of the molecule is O=C(O)c1cc(/C=C/c2ccc(-c3ccc([N+](=O)[O-])cc3)o2)nc2ccc(Cl)cc12. The Bertz CT molecular complexity index is 1310. The molecular formula is C22H13ClN2O5. The lowest BCUT2D eigenvalue weighted by molar-refractivity contribution is -0.384. The van der Waals surface area contributed by atoms with Crippen molar-refractivity contribution in [1.29, 1.82) is 0 Å². The minimum Gasteiger partial charge on any atom is -0.478 e. The van der Waals surface area contributed by atoms with Gasteiger partial charge in [-0.1, -0.05) is 11.6 Å². The molecule has 0 saturated carbocycles. The van der Waals surface area contributed by atoms with Gasteiger partial charge in [0.25, 0.3) is 5.69 Å². The average Bonchev–Trinajstić information content (AvgIpc) is 3.21. The molecule has 0 saturated heterocycles. The Labute approximate surface area is 175 Å². The highest BCUT2D eigenvalue weighted by molar-refractivity contribution is 6.31. The van der Waals surface area contributed by atoms with Crippen molar-refractivity contribution in [2.75, 3.05) is 0 Å². The molecule has 0 spiro atoms. The maximum Gasteiger partial charge on any atom is 0.336 e. The summed E-state index contributed by atoms with van der Waals surface area (Å²) in [5.41, 5.74) is 1.78. The summed E-state index contributed by atoms with van der Waals surface area (Å²) in [6.45, 7) is 0.